The average Bonchev–Trinajstić information content (AvgIpc) is 3.31. The highest BCUT2D eigenvalue weighted by Gasteiger charge is 2.45. The van der Waals surface area contributed by atoms with E-state index in [2.05, 4.69) is 4.98 Å². The van der Waals surface area contributed by atoms with Crippen LogP contribution in [0.2, 0.25) is 0 Å². The zero-order chi connectivity index (χ0) is 17.1. The van der Waals surface area contributed by atoms with E-state index < -0.39 is 0 Å². The first-order chi connectivity index (χ1) is 12.2. The maximum Gasteiger partial charge on any atom is 0.320 e. The molecular weight excluding hydrogens is 318 g/mol. The number of rotatable bonds is 3. The molecule has 1 spiro atoms. The van der Waals surface area contributed by atoms with Gasteiger partial charge in [0.1, 0.15) is 0 Å². The van der Waals surface area contributed by atoms with E-state index in [-0.39, 0.29) is 17.7 Å². The van der Waals surface area contributed by atoms with Gasteiger partial charge in [-0.2, -0.15) is 0 Å². The predicted octanol–water partition coefficient (Wildman–Crippen LogP) is 2.44. The van der Waals surface area contributed by atoms with Crippen LogP contribution in [0.1, 0.15) is 37.7 Å². The lowest BCUT2D eigenvalue weighted by Gasteiger charge is -2.41. The van der Waals surface area contributed by atoms with Gasteiger partial charge in [0.25, 0.3) is 0 Å². The van der Waals surface area contributed by atoms with Gasteiger partial charge in [-0.25, -0.2) is 4.79 Å². The van der Waals surface area contributed by atoms with E-state index in [1.54, 1.807) is 12.4 Å². The SMILES string of the molecule is O=C(N1CCCC1)N1CCC[C@]2(C[C@@H](OCc3ccncc3)CO2)C1. The molecular formula is C19H27N3O3. The van der Waals surface area contributed by atoms with E-state index in [1.165, 1.54) is 0 Å². The van der Waals surface area contributed by atoms with Crippen molar-refractivity contribution in [3.05, 3.63) is 30.1 Å². The van der Waals surface area contributed by atoms with Gasteiger partial charge in [-0.1, -0.05) is 0 Å². The van der Waals surface area contributed by atoms with Crippen molar-refractivity contribution in [2.75, 3.05) is 32.8 Å². The molecule has 2 amide bonds. The first kappa shape index (κ1) is 16.8. The molecule has 0 aliphatic carbocycles. The van der Waals surface area contributed by atoms with Crippen LogP contribution in [-0.2, 0) is 16.1 Å². The fraction of sp³-hybridized carbons (Fsp3) is 0.684. The Morgan fingerprint density at radius 3 is 2.76 bits per heavy atom. The molecule has 0 aromatic carbocycles. The van der Waals surface area contributed by atoms with Gasteiger partial charge in [0, 0.05) is 38.4 Å². The van der Waals surface area contributed by atoms with Gasteiger partial charge in [-0.3, -0.25) is 4.98 Å². The van der Waals surface area contributed by atoms with Gasteiger partial charge in [0.15, 0.2) is 0 Å². The van der Waals surface area contributed by atoms with Crippen molar-refractivity contribution in [3.63, 3.8) is 0 Å². The highest BCUT2D eigenvalue weighted by molar-refractivity contribution is 5.75. The Morgan fingerprint density at radius 2 is 1.96 bits per heavy atom. The third-order valence-electron chi connectivity index (χ3n) is 5.60. The summed E-state index contributed by atoms with van der Waals surface area (Å²) in [6.45, 7) is 4.57. The summed E-state index contributed by atoms with van der Waals surface area (Å²) in [4.78, 5) is 20.7. The minimum Gasteiger partial charge on any atom is -0.371 e. The van der Waals surface area contributed by atoms with E-state index in [4.69, 9.17) is 9.47 Å². The maximum atomic E-state index is 12.7. The number of ether oxygens (including phenoxy) is 2. The minimum atomic E-state index is -0.212. The number of likely N-dealkylation sites (tertiary alicyclic amines) is 2. The Bertz CT molecular complexity index is 591. The van der Waals surface area contributed by atoms with Gasteiger partial charge in [0.2, 0.25) is 0 Å². The maximum absolute atomic E-state index is 12.7. The summed E-state index contributed by atoms with van der Waals surface area (Å²) in [6.07, 6.45) is 8.85. The van der Waals surface area contributed by atoms with Crippen molar-refractivity contribution in [2.24, 2.45) is 0 Å². The van der Waals surface area contributed by atoms with E-state index in [0.29, 0.717) is 19.8 Å². The molecule has 1 aromatic heterocycles. The number of carbonyl (C=O) groups is 1. The number of urea groups is 1. The highest BCUT2D eigenvalue weighted by atomic mass is 16.6. The van der Waals surface area contributed by atoms with Gasteiger partial charge in [-0.15, -0.1) is 0 Å². The zero-order valence-electron chi connectivity index (χ0n) is 14.7. The summed E-state index contributed by atoms with van der Waals surface area (Å²) >= 11 is 0. The average molecular weight is 345 g/mol. The number of amides is 2. The molecule has 0 unspecified atom stereocenters. The Labute approximate surface area is 149 Å². The van der Waals surface area contributed by atoms with Crippen molar-refractivity contribution in [1.29, 1.82) is 0 Å². The Morgan fingerprint density at radius 1 is 1.20 bits per heavy atom. The highest BCUT2D eigenvalue weighted by Crippen LogP contribution is 2.36. The molecule has 25 heavy (non-hydrogen) atoms. The molecule has 0 N–H and O–H groups in total. The van der Waals surface area contributed by atoms with Crippen molar-refractivity contribution in [3.8, 4) is 0 Å². The third kappa shape index (κ3) is 3.80. The molecule has 0 saturated carbocycles. The van der Waals surface area contributed by atoms with Crippen molar-refractivity contribution < 1.29 is 14.3 Å². The number of nitrogens with zero attached hydrogens (tertiary/aromatic N) is 3. The van der Waals surface area contributed by atoms with Crippen LogP contribution < -0.4 is 0 Å². The second kappa shape index (κ2) is 7.30. The van der Waals surface area contributed by atoms with Crippen LogP contribution in [-0.4, -0.2) is 65.3 Å². The second-order valence-corrected chi connectivity index (χ2v) is 7.49. The van der Waals surface area contributed by atoms with Crippen molar-refractivity contribution in [1.82, 2.24) is 14.8 Å². The van der Waals surface area contributed by atoms with E-state index in [9.17, 15) is 4.79 Å². The minimum absolute atomic E-state index is 0.106. The number of aromatic nitrogens is 1. The summed E-state index contributed by atoms with van der Waals surface area (Å²) in [7, 11) is 0. The predicted molar refractivity (Wildman–Crippen MR) is 93.1 cm³/mol. The van der Waals surface area contributed by atoms with Crippen molar-refractivity contribution in [2.45, 2.75) is 50.4 Å². The summed E-state index contributed by atoms with van der Waals surface area (Å²) in [5, 5.41) is 0. The van der Waals surface area contributed by atoms with Gasteiger partial charge >= 0.3 is 6.03 Å². The largest absolute Gasteiger partial charge is 0.371 e. The van der Waals surface area contributed by atoms with E-state index in [1.807, 2.05) is 21.9 Å². The standard InChI is InChI=1S/C19H27N3O3/c23-18(21-9-1-2-10-21)22-11-3-6-19(15-22)12-17(14-25-19)24-13-16-4-7-20-8-5-16/h4-5,7-8,17H,1-3,6,9-15H2/t17-,19+/m1/s1. The first-order valence-corrected chi connectivity index (χ1v) is 9.42. The van der Waals surface area contributed by atoms with Crippen LogP contribution in [0.15, 0.2) is 24.5 Å². The number of piperidine rings is 1. The fourth-order valence-corrected chi connectivity index (χ4v) is 4.26. The summed E-state index contributed by atoms with van der Waals surface area (Å²) < 4.78 is 12.2. The van der Waals surface area contributed by atoms with Gasteiger partial charge in [0.05, 0.1) is 31.5 Å². The zero-order valence-corrected chi connectivity index (χ0v) is 14.7. The normalized spacial score (nSPS) is 29.5. The summed E-state index contributed by atoms with van der Waals surface area (Å²) in [5.41, 5.74) is 0.918. The van der Waals surface area contributed by atoms with Crippen LogP contribution in [0.5, 0.6) is 0 Å². The Balaban J connectivity index is 1.32. The number of hydrogen-bond donors (Lipinski definition) is 0. The molecule has 0 radical (unpaired) electrons. The fourth-order valence-electron chi connectivity index (χ4n) is 4.26. The summed E-state index contributed by atoms with van der Waals surface area (Å²) in [5.74, 6) is 0. The lowest BCUT2D eigenvalue weighted by molar-refractivity contribution is -0.0456. The van der Waals surface area contributed by atoms with Crippen molar-refractivity contribution >= 4 is 6.03 Å². The van der Waals surface area contributed by atoms with Crippen LogP contribution in [0, 0.1) is 0 Å². The Hall–Kier alpha value is -1.66. The summed E-state index contributed by atoms with van der Waals surface area (Å²) in [6, 6.07) is 4.15. The van der Waals surface area contributed by atoms with E-state index >= 15 is 0 Å². The third-order valence-corrected chi connectivity index (χ3v) is 5.60. The van der Waals surface area contributed by atoms with Crippen LogP contribution in [0.3, 0.4) is 0 Å². The molecule has 136 valence electrons. The second-order valence-electron chi connectivity index (χ2n) is 7.49. The lowest BCUT2D eigenvalue weighted by Crippen LogP contribution is -2.53. The topological polar surface area (TPSA) is 54.9 Å². The Kier molecular flexibility index (Phi) is 4.90. The molecule has 3 aliphatic heterocycles. The molecule has 6 heteroatoms. The van der Waals surface area contributed by atoms with Gasteiger partial charge in [-0.05, 0) is 43.4 Å². The molecule has 0 bridgehead atoms. The molecule has 3 fully saturated rings. The monoisotopic (exact) mass is 345 g/mol. The van der Waals surface area contributed by atoms with Crippen LogP contribution >= 0.6 is 0 Å². The lowest BCUT2D eigenvalue weighted by atomic mass is 9.89. The van der Waals surface area contributed by atoms with E-state index in [0.717, 1.165) is 57.3 Å². The smallest absolute Gasteiger partial charge is 0.320 e. The molecule has 6 nitrogen and oxygen atoms in total. The van der Waals surface area contributed by atoms with Crippen LogP contribution in [0.25, 0.3) is 0 Å². The molecule has 3 saturated heterocycles. The molecule has 3 aliphatic rings. The van der Waals surface area contributed by atoms with Gasteiger partial charge < -0.3 is 19.3 Å². The first-order valence-electron chi connectivity index (χ1n) is 9.42. The molecule has 1 aromatic rings. The molecule has 4 rings (SSSR count). The number of carbonyl (C=O) groups excluding carboxylic acids is 1. The molecule has 2 atom stereocenters. The quantitative estimate of drug-likeness (QED) is 0.844. The number of hydrogen-bond acceptors (Lipinski definition) is 4. The molecule has 4 heterocycles. The van der Waals surface area contributed by atoms with Crippen LogP contribution in [0.4, 0.5) is 4.79 Å². The number of pyridine rings is 1.